The van der Waals surface area contributed by atoms with Crippen LogP contribution in [0.4, 0.5) is 4.79 Å². The largest absolute Gasteiger partial charge is 0.510 e. The molecule has 1 heterocycles. The Hall–Kier alpha value is -1.26. The van der Waals surface area contributed by atoms with E-state index in [-0.39, 0.29) is 0 Å². The van der Waals surface area contributed by atoms with Gasteiger partial charge in [0.1, 0.15) is 6.61 Å². The lowest BCUT2D eigenvalue weighted by molar-refractivity contribution is -0.0263. The fraction of sp³-hybridized carbons (Fsp3) is 0.364. The maximum absolute atomic E-state index is 11.0. The van der Waals surface area contributed by atoms with Gasteiger partial charge in [-0.1, -0.05) is 23.7 Å². The lowest BCUT2D eigenvalue weighted by atomic mass is 10.1. The van der Waals surface area contributed by atoms with Crippen LogP contribution in [-0.2, 0) is 20.6 Å². The first-order chi connectivity index (χ1) is 7.63. The van der Waals surface area contributed by atoms with Gasteiger partial charge in [0.05, 0.1) is 7.11 Å². The van der Waals surface area contributed by atoms with E-state index in [1.807, 2.05) is 18.2 Å². The van der Waals surface area contributed by atoms with Gasteiger partial charge in [-0.05, 0) is 17.7 Å². The van der Waals surface area contributed by atoms with Crippen LogP contribution < -0.4 is 0 Å². The number of hydrogen-bond donors (Lipinski definition) is 0. The number of ether oxygens (including phenoxy) is 3. The summed E-state index contributed by atoms with van der Waals surface area (Å²) in [4.78, 5) is 11.0. The number of epoxide rings is 1. The van der Waals surface area contributed by atoms with Crippen molar-refractivity contribution < 1.29 is 19.0 Å². The molecule has 0 saturated carbocycles. The molecule has 0 aliphatic carbocycles. The van der Waals surface area contributed by atoms with E-state index in [0.29, 0.717) is 18.1 Å². The average Bonchev–Trinajstić information content (AvgIpc) is 2.97. The van der Waals surface area contributed by atoms with Crippen LogP contribution >= 0.6 is 11.6 Å². The normalized spacial score (nSPS) is 22.6. The number of hydrogen-bond acceptors (Lipinski definition) is 4. The highest BCUT2D eigenvalue weighted by molar-refractivity contribution is 6.30. The second-order valence-electron chi connectivity index (χ2n) is 3.56. The Bertz CT molecular complexity index is 401. The number of carbonyl (C=O) groups is 1. The molecule has 0 N–H and O–H groups in total. The third-order valence-electron chi connectivity index (χ3n) is 2.26. The van der Waals surface area contributed by atoms with E-state index < -0.39 is 11.9 Å². The highest BCUT2D eigenvalue weighted by atomic mass is 35.5. The summed E-state index contributed by atoms with van der Waals surface area (Å²) in [6, 6.07) is 7.33. The molecule has 0 aromatic heterocycles. The first kappa shape index (κ1) is 11.2. The van der Waals surface area contributed by atoms with Crippen LogP contribution in [0.25, 0.3) is 0 Å². The summed E-state index contributed by atoms with van der Waals surface area (Å²) in [7, 11) is 1.26. The zero-order valence-corrected chi connectivity index (χ0v) is 9.49. The van der Waals surface area contributed by atoms with Crippen LogP contribution in [0.2, 0.25) is 5.02 Å². The van der Waals surface area contributed by atoms with Gasteiger partial charge in [-0.2, -0.15) is 0 Å². The van der Waals surface area contributed by atoms with Gasteiger partial charge in [-0.15, -0.1) is 0 Å². The van der Waals surface area contributed by atoms with Crippen molar-refractivity contribution in [2.45, 2.75) is 12.2 Å². The van der Waals surface area contributed by atoms with Gasteiger partial charge in [-0.25, -0.2) is 4.79 Å². The van der Waals surface area contributed by atoms with Crippen LogP contribution in [0.1, 0.15) is 5.56 Å². The average molecular weight is 243 g/mol. The van der Waals surface area contributed by atoms with Crippen molar-refractivity contribution in [3.8, 4) is 0 Å². The SMILES string of the molecule is COC(=O)OC1(Cc2cccc(Cl)c2)CO1. The quantitative estimate of drug-likeness (QED) is 0.603. The lowest BCUT2D eigenvalue weighted by Crippen LogP contribution is -2.23. The molecule has 0 bridgehead atoms. The molecule has 1 unspecified atom stereocenters. The molecule has 2 rings (SSSR count). The van der Waals surface area contributed by atoms with Crippen LogP contribution in [0.5, 0.6) is 0 Å². The molecule has 1 aromatic rings. The molecule has 1 atom stereocenters. The molecule has 0 spiro atoms. The van der Waals surface area contributed by atoms with E-state index in [1.54, 1.807) is 6.07 Å². The maximum Gasteiger partial charge on any atom is 0.510 e. The minimum Gasteiger partial charge on any atom is -0.438 e. The second kappa shape index (κ2) is 4.31. The van der Waals surface area contributed by atoms with Crippen molar-refractivity contribution >= 4 is 17.8 Å². The van der Waals surface area contributed by atoms with E-state index in [1.165, 1.54) is 7.11 Å². The summed E-state index contributed by atoms with van der Waals surface area (Å²) >= 11 is 5.85. The van der Waals surface area contributed by atoms with Gasteiger partial charge in [0, 0.05) is 11.4 Å². The Morgan fingerprint density at radius 2 is 2.38 bits per heavy atom. The number of benzene rings is 1. The molecule has 86 valence electrons. The fourth-order valence-electron chi connectivity index (χ4n) is 1.43. The highest BCUT2D eigenvalue weighted by Gasteiger charge is 2.49. The van der Waals surface area contributed by atoms with Crippen LogP contribution in [0.15, 0.2) is 24.3 Å². The third kappa shape index (κ3) is 2.65. The molecule has 0 amide bonds. The molecule has 1 aromatic carbocycles. The molecule has 4 nitrogen and oxygen atoms in total. The van der Waals surface area contributed by atoms with Gasteiger partial charge < -0.3 is 14.2 Å². The molecular formula is C11H11ClO4. The molecule has 16 heavy (non-hydrogen) atoms. The Morgan fingerprint density at radius 1 is 1.62 bits per heavy atom. The van der Waals surface area contributed by atoms with Gasteiger partial charge in [-0.3, -0.25) is 0 Å². The smallest absolute Gasteiger partial charge is 0.438 e. The van der Waals surface area contributed by atoms with Gasteiger partial charge in [0.15, 0.2) is 0 Å². The lowest BCUT2D eigenvalue weighted by Gasteiger charge is -2.12. The van der Waals surface area contributed by atoms with E-state index >= 15 is 0 Å². The topological polar surface area (TPSA) is 48.1 Å². The van der Waals surface area contributed by atoms with Crippen molar-refractivity contribution in [2.24, 2.45) is 0 Å². The number of carbonyl (C=O) groups excluding carboxylic acids is 1. The Morgan fingerprint density at radius 3 is 2.94 bits per heavy atom. The summed E-state index contributed by atoms with van der Waals surface area (Å²) in [6.07, 6.45) is -0.262. The Labute approximate surface area is 98.1 Å². The van der Waals surface area contributed by atoms with Crippen LogP contribution in [0, 0.1) is 0 Å². The summed E-state index contributed by atoms with van der Waals surface area (Å²) in [5, 5.41) is 0.645. The minimum absolute atomic E-state index is 0.384. The van der Waals surface area contributed by atoms with Crippen LogP contribution in [-0.4, -0.2) is 25.7 Å². The van der Waals surface area contributed by atoms with E-state index in [2.05, 4.69) is 4.74 Å². The molecular weight excluding hydrogens is 232 g/mol. The van der Waals surface area contributed by atoms with Crippen molar-refractivity contribution in [1.82, 2.24) is 0 Å². The predicted octanol–water partition coefficient (Wildman–Crippen LogP) is 2.39. The van der Waals surface area contributed by atoms with Crippen molar-refractivity contribution in [1.29, 1.82) is 0 Å². The third-order valence-corrected chi connectivity index (χ3v) is 2.50. The number of methoxy groups -OCH3 is 1. The standard InChI is InChI=1S/C11H11ClO4/c1-14-10(13)16-11(7-15-11)6-8-3-2-4-9(12)5-8/h2-5H,6-7H2,1H3. The summed E-state index contributed by atoms with van der Waals surface area (Å²) in [5.74, 6) is -0.863. The summed E-state index contributed by atoms with van der Waals surface area (Å²) < 4.78 is 14.6. The first-order valence-corrected chi connectivity index (χ1v) is 5.17. The van der Waals surface area contributed by atoms with E-state index in [0.717, 1.165) is 5.56 Å². The van der Waals surface area contributed by atoms with Crippen LogP contribution in [0.3, 0.4) is 0 Å². The first-order valence-electron chi connectivity index (χ1n) is 4.79. The molecule has 5 heteroatoms. The Kier molecular flexibility index (Phi) is 3.03. The number of halogens is 1. The molecule has 1 fully saturated rings. The predicted molar refractivity (Wildman–Crippen MR) is 57.3 cm³/mol. The van der Waals surface area contributed by atoms with E-state index in [9.17, 15) is 4.79 Å². The molecule has 1 saturated heterocycles. The number of rotatable bonds is 3. The van der Waals surface area contributed by atoms with Gasteiger partial charge in [0.2, 0.25) is 5.79 Å². The van der Waals surface area contributed by atoms with E-state index in [4.69, 9.17) is 21.1 Å². The molecule has 1 aliphatic rings. The second-order valence-corrected chi connectivity index (χ2v) is 4.00. The van der Waals surface area contributed by atoms with Crippen molar-refractivity contribution in [3.63, 3.8) is 0 Å². The molecule has 0 radical (unpaired) electrons. The van der Waals surface area contributed by atoms with Crippen molar-refractivity contribution in [3.05, 3.63) is 34.9 Å². The zero-order chi connectivity index (χ0) is 11.6. The fourth-order valence-corrected chi connectivity index (χ4v) is 1.64. The Balaban J connectivity index is 2.01. The molecule has 1 aliphatic heterocycles. The van der Waals surface area contributed by atoms with Crippen molar-refractivity contribution in [2.75, 3.05) is 13.7 Å². The van der Waals surface area contributed by atoms with Gasteiger partial charge in [0.25, 0.3) is 0 Å². The van der Waals surface area contributed by atoms with Gasteiger partial charge >= 0.3 is 6.16 Å². The maximum atomic E-state index is 11.0. The highest BCUT2D eigenvalue weighted by Crippen LogP contribution is 2.33. The monoisotopic (exact) mass is 242 g/mol. The minimum atomic E-state index is -0.863. The zero-order valence-electron chi connectivity index (χ0n) is 8.73. The summed E-state index contributed by atoms with van der Waals surface area (Å²) in [5.41, 5.74) is 0.953. The summed E-state index contributed by atoms with van der Waals surface area (Å²) in [6.45, 7) is 0.384.